The lowest BCUT2D eigenvalue weighted by atomic mass is 10.0. The van der Waals surface area contributed by atoms with E-state index < -0.39 is 0 Å². The van der Waals surface area contributed by atoms with Crippen LogP contribution in [0.4, 0.5) is 0 Å². The van der Waals surface area contributed by atoms with E-state index in [0.717, 1.165) is 43.5 Å². The van der Waals surface area contributed by atoms with Crippen LogP contribution >= 0.6 is 0 Å². The number of Topliss-reactive ketones (excluding diaryl/α,β-unsaturated/α-hetero) is 1. The summed E-state index contributed by atoms with van der Waals surface area (Å²) in [6, 6.07) is 8.07. The Morgan fingerprint density at radius 1 is 1.15 bits per heavy atom. The summed E-state index contributed by atoms with van der Waals surface area (Å²) in [5.74, 6) is 1.31. The first kappa shape index (κ1) is 14.5. The van der Waals surface area contributed by atoms with Crippen LogP contribution in [0.3, 0.4) is 0 Å². The third-order valence-corrected chi connectivity index (χ3v) is 3.44. The number of aromatic nitrogens is 2. The van der Waals surface area contributed by atoms with Gasteiger partial charge in [0.2, 0.25) is 0 Å². The maximum atomic E-state index is 11.7. The normalized spacial score (nSPS) is 10.7. The lowest BCUT2D eigenvalue weighted by Gasteiger charge is -2.03. The molecule has 0 saturated carbocycles. The van der Waals surface area contributed by atoms with Gasteiger partial charge in [-0.1, -0.05) is 31.2 Å². The van der Waals surface area contributed by atoms with Crippen LogP contribution in [-0.4, -0.2) is 15.8 Å². The Morgan fingerprint density at radius 3 is 2.55 bits per heavy atom. The van der Waals surface area contributed by atoms with Crippen molar-refractivity contribution in [2.24, 2.45) is 0 Å². The van der Waals surface area contributed by atoms with E-state index in [4.69, 9.17) is 0 Å². The van der Waals surface area contributed by atoms with E-state index in [-0.39, 0.29) is 5.78 Å². The maximum Gasteiger partial charge on any atom is 0.162 e. The number of hydrogen-bond donors (Lipinski definition) is 1. The number of carbonyl (C=O) groups is 1. The minimum Gasteiger partial charge on any atom is -0.349 e. The highest BCUT2D eigenvalue weighted by atomic mass is 16.1. The number of unbranched alkanes of at least 4 members (excludes halogenated alkanes) is 1. The predicted octanol–water partition coefficient (Wildman–Crippen LogP) is 3.96. The third kappa shape index (κ3) is 4.34. The number of hydrogen-bond acceptors (Lipinski definition) is 2. The van der Waals surface area contributed by atoms with Crippen LogP contribution in [0.15, 0.2) is 36.7 Å². The van der Waals surface area contributed by atoms with Gasteiger partial charge in [-0.3, -0.25) is 4.79 Å². The van der Waals surface area contributed by atoms with Gasteiger partial charge in [0.25, 0.3) is 0 Å². The Morgan fingerprint density at radius 2 is 1.90 bits per heavy atom. The van der Waals surface area contributed by atoms with Gasteiger partial charge in [-0.25, -0.2) is 4.98 Å². The number of ketones is 1. The van der Waals surface area contributed by atoms with Gasteiger partial charge in [0.15, 0.2) is 5.78 Å². The Labute approximate surface area is 120 Å². The fourth-order valence-electron chi connectivity index (χ4n) is 2.28. The van der Waals surface area contributed by atoms with Gasteiger partial charge in [0.1, 0.15) is 5.82 Å². The fourth-order valence-corrected chi connectivity index (χ4v) is 2.28. The number of H-pyrrole nitrogens is 1. The first-order valence-electron chi connectivity index (χ1n) is 7.40. The summed E-state index contributed by atoms with van der Waals surface area (Å²) in [5, 5.41) is 0. The highest BCUT2D eigenvalue weighted by Crippen LogP contribution is 2.11. The quantitative estimate of drug-likeness (QED) is 0.583. The molecule has 3 heteroatoms. The zero-order valence-electron chi connectivity index (χ0n) is 12.1. The van der Waals surface area contributed by atoms with Crippen molar-refractivity contribution in [1.82, 2.24) is 9.97 Å². The SMILES string of the molecule is CCCC(=O)c1ccc(CCCCc2ncc[nH]2)cc1. The second-order valence-electron chi connectivity index (χ2n) is 5.11. The van der Waals surface area contributed by atoms with Crippen molar-refractivity contribution < 1.29 is 4.79 Å². The first-order chi connectivity index (χ1) is 9.79. The lowest BCUT2D eigenvalue weighted by molar-refractivity contribution is 0.0982. The highest BCUT2D eigenvalue weighted by Gasteiger charge is 2.04. The molecule has 0 aliphatic heterocycles. The van der Waals surface area contributed by atoms with E-state index in [1.807, 2.05) is 25.3 Å². The van der Waals surface area contributed by atoms with Gasteiger partial charge in [0.05, 0.1) is 0 Å². The summed E-state index contributed by atoms with van der Waals surface area (Å²) in [5.41, 5.74) is 2.14. The molecule has 2 rings (SSSR count). The largest absolute Gasteiger partial charge is 0.349 e. The Bertz CT molecular complexity index is 514. The summed E-state index contributed by atoms with van der Waals surface area (Å²) in [6.45, 7) is 2.03. The zero-order valence-corrected chi connectivity index (χ0v) is 12.1. The van der Waals surface area contributed by atoms with Gasteiger partial charge >= 0.3 is 0 Å². The third-order valence-electron chi connectivity index (χ3n) is 3.44. The molecule has 0 saturated heterocycles. The molecule has 0 radical (unpaired) electrons. The van der Waals surface area contributed by atoms with E-state index in [0.29, 0.717) is 6.42 Å². The van der Waals surface area contributed by atoms with Gasteiger partial charge in [-0.15, -0.1) is 0 Å². The van der Waals surface area contributed by atoms with E-state index in [2.05, 4.69) is 22.1 Å². The molecule has 0 bridgehead atoms. The number of aromatic amines is 1. The minimum absolute atomic E-state index is 0.247. The number of carbonyl (C=O) groups excluding carboxylic acids is 1. The molecule has 1 aromatic heterocycles. The molecule has 0 atom stereocenters. The molecule has 0 aliphatic rings. The second kappa shape index (κ2) is 7.63. The summed E-state index contributed by atoms with van der Waals surface area (Å²) in [4.78, 5) is 19.1. The average Bonchev–Trinajstić information content (AvgIpc) is 2.98. The van der Waals surface area contributed by atoms with Crippen LogP contribution in [0.1, 0.15) is 54.4 Å². The Kier molecular flexibility index (Phi) is 5.54. The molecule has 0 fully saturated rings. The zero-order chi connectivity index (χ0) is 14.2. The molecule has 0 amide bonds. The number of benzene rings is 1. The minimum atomic E-state index is 0.247. The van der Waals surface area contributed by atoms with Crippen LogP contribution in [0.25, 0.3) is 0 Å². The molecule has 0 unspecified atom stereocenters. The molecule has 0 aliphatic carbocycles. The smallest absolute Gasteiger partial charge is 0.162 e. The van der Waals surface area contributed by atoms with Crippen LogP contribution < -0.4 is 0 Å². The van der Waals surface area contributed by atoms with E-state index in [9.17, 15) is 4.79 Å². The molecule has 0 spiro atoms. The van der Waals surface area contributed by atoms with Crippen molar-refractivity contribution in [3.05, 3.63) is 53.6 Å². The molecular formula is C17H22N2O. The summed E-state index contributed by atoms with van der Waals surface area (Å²) >= 11 is 0. The molecule has 1 heterocycles. The number of nitrogens with one attached hydrogen (secondary N) is 1. The standard InChI is InChI=1S/C17H22N2O/c1-2-5-16(20)15-10-8-14(9-11-15)6-3-4-7-17-18-12-13-19-17/h8-13H,2-7H2,1H3,(H,18,19). The highest BCUT2D eigenvalue weighted by molar-refractivity contribution is 5.95. The second-order valence-corrected chi connectivity index (χ2v) is 5.11. The van der Waals surface area contributed by atoms with Crippen molar-refractivity contribution in [3.63, 3.8) is 0 Å². The number of aryl methyl sites for hydroxylation is 2. The molecule has 1 aromatic carbocycles. The maximum absolute atomic E-state index is 11.7. The molecule has 20 heavy (non-hydrogen) atoms. The lowest BCUT2D eigenvalue weighted by Crippen LogP contribution is -1.98. The van der Waals surface area contributed by atoms with E-state index in [1.54, 1.807) is 6.20 Å². The van der Waals surface area contributed by atoms with Crippen molar-refractivity contribution in [3.8, 4) is 0 Å². The van der Waals surface area contributed by atoms with Crippen molar-refractivity contribution >= 4 is 5.78 Å². The summed E-state index contributed by atoms with van der Waals surface area (Å²) in [6.07, 6.45) is 9.54. The Hall–Kier alpha value is -1.90. The fraction of sp³-hybridized carbons (Fsp3) is 0.412. The Balaban J connectivity index is 1.74. The molecule has 3 nitrogen and oxygen atoms in total. The molecule has 1 N–H and O–H groups in total. The van der Waals surface area contributed by atoms with Gasteiger partial charge in [-0.05, 0) is 31.2 Å². The predicted molar refractivity (Wildman–Crippen MR) is 80.9 cm³/mol. The van der Waals surface area contributed by atoms with Crippen molar-refractivity contribution in [2.75, 3.05) is 0 Å². The first-order valence-corrected chi connectivity index (χ1v) is 7.40. The van der Waals surface area contributed by atoms with Gasteiger partial charge in [-0.2, -0.15) is 0 Å². The van der Waals surface area contributed by atoms with Gasteiger partial charge < -0.3 is 4.98 Å². The van der Waals surface area contributed by atoms with Crippen LogP contribution in [-0.2, 0) is 12.8 Å². The molecule has 2 aromatic rings. The van der Waals surface area contributed by atoms with E-state index >= 15 is 0 Å². The summed E-state index contributed by atoms with van der Waals surface area (Å²) < 4.78 is 0. The van der Waals surface area contributed by atoms with Gasteiger partial charge in [0, 0.05) is 30.8 Å². The number of rotatable bonds is 8. The topological polar surface area (TPSA) is 45.8 Å². The average molecular weight is 270 g/mol. The van der Waals surface area contributed by atoms with E-state index in [1.165, 1.54) is 5.56 Å². The number of imidazole rings is 1. The van der Waals surface area contributed by atoms with Crippen LogP contribution in [0.2, 0.25) is 0 Å². The van der Waals surface area contributed by atoms with Crippen LogP contribution in [0.5, 0.6) is 0 Å². The van der Waals surface area contributed by atoms with Crippen LogP contribution in [0, 0.1) is 0 Å². The number of nitrogens with zero attached hydrogens (tertiary/aromatic N) is 1. The molecular weight excluding hydrogens is 248 g/mol. The van der Waals surface area contributed by atoms with Crippen molar-refractivity contribution in [2.45, 2.75) is 45.4 Å². The monoisotopic (exact) mass is 270 g/mol. The summed E-state index contributed by atoms with van der Waals surface area (Å²) in [7, 11) is 0. The van der Waals surface area contributed by atoms with Crippen molar-refractivity contribution in [1.29, 1.82) is 0 Å². The molecule has 106 valence electrons.